The summed E-state index contributed by atoms with van der Waals surface area (Å²) in [5.41, 5.74) is 0. The van der Waals surface area contributed by atoms with Gasteiger partial charge in [-0.2, -0.15) is 0 Å². The van der Waals surface area contributed by atoms with Crippen LogP contribution in [0.25, 0.3) is 0 Å². The third-order valence-corrected chi connectivity index (χ3v) is 5.95. The minimum Gasteiger partial charge on any atom is -0.102 e. The molecule has 0 aromatic heterocycles. The fraction of sp³-hybridized carbons (Fsp3) is 0.862. The maximum atomic E-state index is 7.48. The fourth-order valence-corrected chi connectivity index (χ4v) is 3.91. The largest absolute Gasteiger partial charge is 0.102 e. The number of hydrogen-bond donors (Lipinski definition) is 0. The maximum absolute atomic E-state index is 7.48. The van der Waals surface area contributed by atoms with Crippen molar-refractivity contribution in [3.05, 3.63) is 6.42 Å². The van der Waals surface area contributed by atoms with Crippen LogP contribution in [0.2, 0.25) is 0 Å². The average molecular weight is 400 g/mol. The lowest BCUT2D eigenvalue weighted by molar-refractivity contribution is 0.547. The molecule has 0 spiro atoms. The summed E-state index contributed by atoms with van der Waals surface area (Å²) in [4.78, 5) is 0. The van der Waals surface area contributed by atoms with Gasteiger partial charge in [0.2, 0.25) is 0 Å². The molecule has 0 heteroatoms. The van der Waals surface area contributed by atoms with Gasteiger partial charge in [0.1, 0.15) is 0 Å². The van der Waals surface area contributed by atoms with Crippen LogP contribution in [-0.2, 0) is 0 Å². The second-order valence-corrected chi connectivity index (χ2v) is 8.92. The molecule has 0 amide bonds. The molecule has 1 unspecified atom stereocenters. The molecule has 0 nitrogen and oxygen atoms in total. The van der Waals surface area contributed by atoms with Crippen LogP contribution < -0.4 is 0 Å². The zero-order valence-corrected chi connectivity index (χ0v) is 20.1. The van der Waals surface area contributed by atoms with Crippen molar-refractivity contribution >= 4 is 0 Å². The summed E-state index contributed by atoms with van der Waals surface area (Å²) < 4.78 is 0. The maximum Gasteiger partial charge on any atom is 0.0821 e. The van der Waals surface area contributed by atoms with E-state index >= 15 is 0 Å². The molecule has 1 atom stereocenters. The Morgan fingerprint density at radius 1 is 0.517 bits per heavy atom. The van der Waals surface area contributed by atoms with Gasteiger partial charge in [0.15, 0.2) is 0 Å². The summed E-state index contributed by atoms with van der Waals surface area (Å²) >= 11 is 0. The smallest absolute Gasteiger partial charge is 0.0821 e. The van der Waals surface area contributed by atoms with Crippen LogP contribution in [0.1, 0.15) is 155 Å². The first kappa shape index (κ1) is 28.1. The normalized spacial score (nSPS) is 11.6. The first-order valence-electron chi connectivity index (χ1n) is 13.3. The van der Waals surface area contributed by atoms with Crippen molar-refractivity contribution in [2.24, 2.45) is 5.92 Å². The highest BCUT2D eigenvalue weighted by Crippen LogP contribution is 2.14. The van der Waals surface area contributed by atoms with Gasteiger partial charge in [-0.05, 0) is 19.3 Å². The molecule has 0 aromatic carbocycles. The topological polar surface area (TPSA) is 0 Å². The van der Waals surface area contributed by atoms with Crippen molar-refractivity contribution in [1.82, 2.24) is 0 Å². The summed E-state index contributed by atoms with van der Waals surface area (Å²) in [6, 6.07) is 0. The Kier molecular flexibility index (Phi) is 24.4. The van der Waals surface area contributed by atoms with Gasteiger partial charge >= 0.3 is 0 Å². The van der Waals surface area contributed by atoms with Crippen molar-refractivity contribution < 1.29 is 0 Å². The minimum atomic E-state index is 0.0762. The van der Waals surface area contributed by atoms with Crippen LogP contribution in [0, 0.1) is 30.1 Å². The third kappa shape index (κ3) is 23.3. The lowest BCUT2D eigenvalue weighted by Gasteiger charge is -2.04. The van der Waals surface area contributed by atoms with Crippen molar-refractivity contribution in [2.45, 2.75) is 155 Å². The van der Waals surface area contributed by atoms with Crippen LogP contribution in [0.4, 0.5) is 0 Å². The fourth-order valence-electron chi connectivity index (χ4n) is 3.91. The standard InChI is InChI=1S/C29H51/c1-4-7-9-11-13-15-16-17-18-20-22-24-26-28-29(6-3)27-25-23-21-19-14-12-10-8-5-2/h29H,4-5,7-25,27H2,1-2H3. The van der Waals surface area contributed by atoms with Crippen LogP contribution in [0.15, 0.2) is 0 Å². The molecule has 0 bridgehead atoms. The van der Waals surface area contributed by atoms with Crippen molar-refractivity contribution in [3.63, 3.8) is 0 Å². The highest BCUT2D eigenvalue weighted by atomic mass is 14.0. The molecule has 0 aromatic rings. The molecule has 0 N–H and O–H groups in total. The van der Waals surface area contributed by atoms with Crippen molar-refractivity contribution in [3.8, 4) is 17.8 Å². The second kappa shape index (κ2) is 25.2. The molecule has 0 heterocycles. The quantitative estimate of drug-likeness (QED) is 0.133. The van der Waals surface area contributed by atoms with Crippen molar-refractivity contribution in [1.29, 1.82) is 0 Å². The number of unbranched alkanes of at least 4 members (excludes halogenated alkanes) is 19. The van der Waals surface area contributed by atoms with E-state index in [0.29, 0.717) is 0 Å². The molecule has 0 aliphatic heterocycles. The highest BCUT2D eigenvalue weighted by molar-refractivity contribution is 5.12. The minimum absolute atomic E-state index is 0.0762. The molecule has 0 aliphatic carbocycles. The van der Waals surface area contributed by atoms with E-state index in [1.54, 1.807) is 0 Å². The predicted octanol–water partition coefficient (Wildman–Crippen LogP) is 9.82. The van der Waals surface area contributed by atoms with E-state index in [1.807, 2.05) is 0 Å². The zero-order valence-electron chi connectivity index (χ0n) is 20.1. The molecular formula is C29H51. The van der Waals surface area contributed by atoms with Gasteiger partial charge in [-0.15, -0.1) is 5.92 Å². The van der Waals surface area contributed by atoms with Gasteiger partial charge < -0.3 is 0 Å². The number of hydrogen-bond acceptors (Lipinski definition) is 0. The first-order chi connectivity index (χ1) is 14.3. The summed E-state index contributed by atoms with van der Waals surface area (Å²) in [5, 5.41) is 0. The Hall–Kier alpha value is -0.880. The van der Waals surface area contributed by atoms with E-state index in [0.717, 1.165) is 12.8 Å². The predicted molar refractivity (Wildman–Crippen MR) is 131 cm³/mol. The van der Waals surface area contributed by atoms with E-state index in [4.69, 9.17) is 6.42 Å². The third-order valence-electron chi connectivity index (χ3n) is 5.95. The molecule has 1 radical (unpaired) electrons. The highest BCUT2D eigenvalue weighted by Gasteiger charge is 2.00. The monoisotopic (exact) mass is 399 g/mol. The van der Waals surface area contributed by atoms with Crippen LogP contribution >= 0.6 is 0 Å². The Bertz CT molecular complexity index is 402. The molecule has 0 saturated heterocycles. The molecule has 0 aliphatic rings. The second-order valence-electron chi connectivity index (χ2n) is 8.92. The van der Waals surface area contributed by atoms with Gasteiger partial charge in [-0.3, -0.25) is 0 Å². The molecular weight excluding hydrogens is 348 g/mol. The first-order valence-corrected chi connectivity index (χ1v) is 13.3. The SMILES string of the molecule is [C]#CC(C#CCCCCCCCCCCCCC)CCCCCCCCCCC. The van der Waals surface area contributed by atoms with Crippen molar-refractivity contribution in [2.75, 3.05) is 0 Å². The Labute approximate surface area is 185 Å². The average Bonchev–Trinajstić information content (AvgIpc) is 2.74. The summed E-state index contributed by atoms with van der Waals surface area (Å²) in [6.07, 6.45) is 37.0. The Morgan fingerprint density at radius 2 is 0.897 bits per heavy atom. The van der Waals surface area contributed by atoms with Gasteiger partial charge in [-0.25, -0.2) is 0 Å². The van der Waals surface area contributed by atoms with Crippen LogP contribution in [-0.4, -0.2) is 0 Å². The van der Waals surface area contributed by atoms with Gasteiger partial charge in [-0.1, -0.05) is 148 Å². The molecule has 167 valence electrons. The number of rotatable bonds is 21. The van der Waals surface area contributed by atoms with Crippen LogP contribution in [0.5, 0.6) is 0 Å². The van der Waals surface area contributed by atoms with E-state index in [-0.39, 0.29) is 5.92 Å². The summed E-state index contributed by atoms with van der Waals surface area (Å²) in [7, 11) is 0. The molecule has 29 heavy (non-hydrogen) atoms. The summed E-state index contributed by atoms with van der Waals surface area (Å²) in [6.45, 7) is 4.56. The molecule has 0 fully saturated rings. The molecule has 0 rings (SSSR count). The summed E-state index contributed by atoms with van der Waals surface area (Å²) in [5.74, 6) is 9.32. The van der Waals surface area contributed by atoms with E-state index < -0.39 is 0 Å². The lowest BCUT2D eigenvalue weighted by atomic mass is 10.0. The zero-order chi connectivity index (χ0) is 21.3. The van der Waals surface area contributed by atoms with E-state index in [2.05, 4.69) is 31.6 Å². The van der Waals surface area contributed by atoms with E-state index in [1.165, 1.54) is 128 Å². The van der Waals surface area contributed by atoms with Gasteiger partial charge in [0.25, 0.3) is 0 Å². The van der Waals surface area contributed by atoms with E-state index in [9.17, 15) is 0 Å². The Balaban J connectivity index is 3.42. The lowest BCUT2D eigenvalue weighted by Crippen LogP contribution is -1.93. The van der Waals surface area contributed by atoms with Gasteiger partial charge in [0, 0.05) is 6.42 Å². The molecule has 0 saturated carbocycles. The van der Waals surface area contributed by atoms with Gasteiger partial charge in [0.05, 0.1) is 5.92 Å². The van der Waals surface area contributed by atoms with Crippen LogP contribution in [0.3, 0.4) is 0 Å². The Morgan fingerprint density at radius 3 is 1.31 bits per heavy atom.